The van der Waals surface area contributed by atoms with E-state index in [9.17, 15) is 9.90 Å². The standard InChI is InChI=1S/C22H18N2O4/c23-21-20(22(26)27-13-14-5-2-1-3-6-14)19(15-7-4-10-24-12-15)17-9-8-16(25)11-18(17)28-21/h1-12,19,25H,13,23H2. The Balaban J connectivity index is 1.71. The predicted octanol–water partition coefficient (Wildman–Crippen LogP) is 3.23. The molecule has 4 rings (SSSR count). The minimum absolute atomic E-state index is 0.0478. The highest BCUT2D eigenvalue weighted by atomic mass is 16.5. The molecule has 0 saturated carbocycles. The first-order chi connectivity index (χ1) is 13.6. The predicted molar refractivity (Wildman–Crippen MR) is 102 cm³/mol. The van der Waals surface area contributed by atoms with Crippen LogP contribution in [0.15, 0.2) is 84.5 Å². The molecule has 140 valence electrons. The van der Waals surface area contributed by atoms with Gasteiger partial charge in [0.25, 0.3) is 0 Å². The number of aromatic nitrogens is 1. The lowest BCUT2D eigenvalue weighted by Crippen LogP contribution is -2.27. The first-order valence-corrected chi connectivity index (χ1v) is 8.75. The van der Waals surface area contributed by atoms with Crippen molar-refractivity contribution in [3.05, 3.63) is 101 Å². The molecule has 6 heteroatoms. The van der Waals surface area contributed by atoms with Gasteiger partial charge in [0.1, 0.15) is 23.7 Å². The van der Waals surface area contributed by atoms with E-state index < -0.39 is 11.9 Å². The van der Waals surface area contributed by atoms with Crippen molar-refractivity contribution in [2.75, 3.05) is 0 Å². The number of hydrogen-bond acceptors (Lipinski definition) is 6. The smallest absolute Gasteiger partial charge is 0.340 e. The van der Waals surface area contributed by atoms with E-state index in [2.05, 4.69) is 4.98 Å². The number of hydrogen-bond donors (Lipinski definition) is 2. The Morgan fingerprint density at radius 3 is 2.71 bits per heavy atom. The molecule has 0 fully saturated rings. The normalized spacial score (nSPS) is 15.5. The minimum atomic E-state index is -0.561. The number of carbonyl (C=O) groups is 1. The molecule has 6 nitrogen and oxygen atoms in total. The molecule has 0 radical (unpaired) electrons. The molecule has 3 aromatic rings. The summed E-state index contributed by atoms with van der Waals surface area (Å²) in [6.07, 6.45) is 3.32. The molecule has 1 aliphatic rings. The molecule has 1 aliphatic heterocycles. The molecule has 0 amide bonds. The highest BCUT2D eigenvalue weighted by Crippen LogP contribution is 2.43. The van der Waals surface area contributed by atoms with E-state index in [1.165, 1.54) is 6.07 Å². The molecule has 1 unspecified atom stereocenters. The van der Waals surface area contributed by atoms with Crippen molar-refractivity contribution in [1.29, 1.82) is 0 Å². The van der Waals surface area contributed by atoms with Crippen LogP contribution < -0.4 is 10.5 Å². The Bertz CT molecular complexity index is 1030. The van der Waals surface area contributed by atoms with Gasteiger partial charge in [-0.15, -0.1) is 0 Å². The molecule has 0 bridgehead atoms. The van der Waals surface area contributed by atoms with Gasteiger partial charge in [-0.25, -0.2) is 4.79 Å². The maximum atomic E-state index is 12.9. The van der Waals surface area contributed by atoms with E-state index in [0.717, 1.165) is 11.1 Å². The number of carbonyl (C=O) groups excluding carboxylic acids is 1. The van der Waals surface area contributed by atoms with E-state index in [4.69, 9.17) is 15.2 Å². The second kappa shape index (κ2) is 7.44. The Labute approximate surface area is 161 Å². The first-order valence-electron chi connectivity index (χ1n) is 8.75. The highest BCUT2D eigenvalue weighted by molar-refractivity contribution is 5.92. The number of phenols is 1. The molecule has 0 spiro atoms. The fourth-order valence-electron chi connectivity index (χ4n) is 3.23. The summed E-state index contributed by atoms with van der Waals surface area (Å²) in [6, 6.07) is 17.8. The van der Waals surface area contributed by atoms with Crippen LogP contribution in [0.3, 0.4) is 0 Å². The summed E-state index contributed by atoms with van der Waals surface area (Å²) in [5.74, 6) is -0.683. The quantitative estimate of drug-likeness (QED) is 0.681. The van der Waals surface area contributed by atoms with Crippen LogP contribution in [-0.2, 0) is 16.1 Å². The van der Waals surface area contributed by atoms with Gasteiger partial charge in [-0.3, -0.25) is 4.98 Å². The van der Waals surface area contributed by atoms with E-state index in [0.29, 0.717) is 11.3 Å². The Morgan fingerprint density at radius 1 is 1.14 bits per heavy atom. The summed E-state index contributed by atoms with van der Waals surface area (Å²) in [7, 11) is 0. The molecule has 1 aromatic heterocycles. The average Bonchev–Trinajstić information content (AvgIpc) is 2.72. The van der Waals surface area contributed by atoms with Crippen molar-refractivity contribution < 1.29 is 19.4 Å². The maximum Gasteiger partial charge on any atom is 0.340 e. The molecule has 2 heterocycles. The lowest BCUT2D eigenvalue weighted by atomic mass is 9.83. The van der Waals surface area contributed by atoms with Gasteiger partial charge in [0.15, 0.2) is 0 Å². The minimum Gasteiger partial charge on any atom is -0.508 e. The van der Waals surface area contributed by atoms with E-state index in [1.54, 1.807) is 30.6 Å². The number of ether oxygens (including phenoxy) is 2. The number of benzene rings is 2. The van der Waals surface area contributed by atoms with Gasteiger partial charge in [0, 0.05) is 24.0 Å². The van der Waals surface area contributed by atoms with E-state index in [1.807, 2.05) is 36.4 Å². The van der Waals surface area contributed by atoms with Crippen LogP contribution in [0.5, 0.6) is 11.5 Å². The number of rotatable bonds is 4. The van der Waals surface area contributed by atoms with Crippen LogP contribution in [0.25, 0.3) is 0 Å². The van der Waals surface area contributed by atoms with E-state index in [-0.39, 0.29) is 23.8 Å². The third kappa shape index (κ3) is 3.40. The zero-order valence-corrected chi connectivity index (χ0v) is 14.9. The molecular formula is C22H18N2O4. The van der Waals surface area contributed by atoms with Crippen molar-refractivity contribution in [3.8, 4) is 11.5 Å². The molecule has 28 heavy (non-hydrogen) atoms. The number of fused-ring (bicyclic) bond motifs is 1. The molecular weight excluding hydrogens is 356 g/mol. The molecule has 0 aliphatic carbocycles. The van der Waals surface area contributed by atoms with Crippen molar-refractivity contribution in [1.82, 2.24) is 4.98 Å². The summed E-state index contributed by atoms with van der Waals surface area (Å²) in [6.45, 7) is 0.124. The van der Waals surface area contributed by atoms with Crippen molar-refractivity contribution >= 4 is 5.97 Å². The molecule has 0 saturated heterocycles. The third-order valence-electron chi connectivity index (χ3n) is 4.53. The van der Waals surface area contributed by atoms with Crippen LogP contribution in [0.2, 0.25) is 0 Å². The molecule has 3 N–H and O–H groups in total. The fourth-order valence-corrected chi connectivity index (χ4v) is 3.23. The van der Waals surface area contributed by atoms with Gasteiger partial charge in [0.2, 0.25) is 5.88 Å². The number of phenolic OH excluding ortho intramolecular Hbond substituents is 1. The summed E-state index contributed by atoms with van der Waals surface area (Å²) >= 11 is 0. The largest absolute Gasteiger partial charge is 0.508 e. The Kier molecular flexibility index (Phi) is 4.68. The monoisotopic (exact) mass is 374 g/mol. The van der Waals surface area contributed by atoms with Crippen molar-refractivity contribution in [3.63, 3.8) is 0 Å². The van der Waals surface area contributed by atoms with Crippen LogP contribution in [0.1, 0.15) is 22.6 Å². The molecule has 1 atom stereocenters. The lowest BCUT2D eigenvalue weighted by molar-refractivity contribution is -0.140. The highest BCUT2D eigenvalue weighted by Gasteiger charge is 2.35. The fraction of sp³-hybridized carbons (Fsp3) is 0.0909. The second-order valence-electron chi connectivity index (χ2n) is 6.38. The van der Waals surface area contributed by atoms with Gasteiger partial charge in [-0.05, 0) is 23.3 Å². The molecule has 2 aromatic carbocycles. The topological polar surface area (TPSA) is 94.7 Å². The maximum absolute atomic E-state index is 12.9. The average molecular weight is 374 g/mol. The zero-order chi connectivity index (χ0) is 19.5. The Morgan fingerprint density at radius 2 is 1.96 bits per heavy atom. The first kappa shape index (κ1) is 17.6. The van der Waals surface area contributed by atoms with Crippen molar-refractivity contribution in [2.45, 2.75) is 12.5 Å². The van der Waals surface area contributed by atoms with Gasteiger partial charge >= 0.3 is 5.97 Å². The number of aromatic hydroxyl groups is 1. The van der Waals surface area contributed by atoms with Gasteiger partial charge in [-0.2, -0.15) is 0 Å². The third-order valence-corrected chi connectivity index (χ3v) is 4.53. The van der Waals surface area contributed by atoms with Crippen molar-refractivity contribution in [2.24, 2.45) is 5.73 Å². The van der Waals surface area contributed by atoms with Crippen LogP contribution in [-0.4, -0.2) is 16.1 Å². The Hall–Kier alpha value is -3.80. The number of pyridine rings is 1. The number of nitrogens with two attached hydrogens (primary N) is 1. The van der Waals surface area contributed by atoms with E-state index >= 15 is 0 Å². The SMILES string of the molecule is NC1=C(C(=O)OCc2ccccc2)C(c2cccnc2)c2ccc(O)cc2O1. The number of esters is 1. The summed E-state index contributed by atoms with van der Waals surface area (Å²) in [5.41, 5.74) is 8.65. The summed E-state index contributed by atoms with van der Waals surface area (Å²) in [4.78, 5) is 17.1. The summed E-state index contributed by atoms with van der Waals surface area (Å²) < 4.78 is 11.1. The zero-order valence-electron chi connectivity index (χ0n) is 14.9. The van der Waals surface area contributed by atoms with Crippen LogP contribution in [0, 0.1) is 0 Å². The van der Waals surface area contributed by atoms with Gasteiger partial charge < -0.3 is 20.3 Å². The lowest BCUT2D eigenvalue weighted by Gasteiger charge is -2.28. The second-order valence-corrected chi connectivity index (χ2v) is 6.38. The van der Waals surface area contributed by atoms with Crippen LogP contribution >= 0.6 is 0 Å². The number of nitrogens with zero attached hydrogens (tertiary/aromatic N) is 1. The van der Waals surface area contributed by atoms with Gasteiger partial charge in [-0.1, -0.05) is 42.5 Å². The summed E-state index contributed by atoms with van der Waals surface area (Å²) in [5, 5.41) is 9.78. The van der Waals surface area contributed by atoms with Crippen LogP contribution in [0.4, 0.5) is 0 Å². The van der Waals surface area contributed by atoms with Gasteiger partial charge in [0.05, 0.1) is 5.92 Å².